The van der Waals surface area contributed by atoms with E-state index in [0.717, 1.165) is 18.5 Å². The molecular formula is C23H27FN8O3. The molecule has 0 bridgehead atoms. The van der Waals surface area contributed by atoms with Crippen molar-refractivity contribution in [3.8, 4) is 0 Å². The second-order valence-electron chi connectivity index (χ2n) is 8.83. The first-order chi connectivity index (χ1) is 17.0. The number of carbonyl (C=O) groups is 2. The van der Waals surface area contributed by atoms with Crippen LogP contribution in [0.15, 0.2) is 43.1 Å². The predicted molar refractivity (Wildman–Crippen MR) is 125 cm³/mol. The number of cyclic esters (lactones) is 1. The smallest absolute Gasteiger partial charge is 0.414 e. The zero-order chi connectivity index (χ0) is 24.4. The third kappa shape index (κ3) is 5.10. The van der Waals surface area contributed by atoms with Crippen LogP contribution in [0.5, 0.6) is 0 Å². The Kier molecular flexibility index (Phi) is 6.34. The number of imidazole rings is 1. The number of halogens is 1. The third-order valence-electron chi connectivity index (χ3n) is 6.34. The Labute approximate surface area is 201 Å². The summed E-state index contributed by atoms with van der Waals surface area (Å²) >= 11 is 0. The first-order valence-corrected chi connectivity index (χ1v) is 11.6. The van der Waals surface area contributed by atoms with Gasteiger partial charge in [0.15, 0.2) is 0 Å². The molecule has 1 N–H and O–H groups in total. The molecule has 2 fully saturated rings. The molecule has 2 amide bonds. The minimum atomic E-state index is -0.548. The van der Waals surface area contributed by atoms with Crippen molar-refractivity contribution in [1.82, 2.24) is 29.9 Å². The van der Waals surface area contributed by atoms with Crippen molar-refractivity contribution in [2.24, 2.45) is 0 Å². The van der Waals surface area contributed by atoms with Gasteiger partial charge in [-0.05, 0) is 31.0 Å². The average molecular weight is 483 g/mol. The Morgan fingerprint density at radius 3 is 2.83 bits per heavy atom. The number of nitrogens with one attached hydrogen (secondary N) is 1. The van der Waals surface area contributed by atoms with Gasteiger partial charge in [0.2, 0.25) is 5.91 Å². The second kappa shape index (κ2) is 9.72. The van der Waals surface area contributed by atoms with Crippen LogP contribution in [0.4, 0.5) is 20.6 Å². The summed E-state index contributed by atoms with van der Waals surface area (Å²) < 4.78 is 24.2. The van der Waals surface area contributed by atoms with E-state index in [9.17, 15) is 9.59 Å². The van der Waals surface area contributed by atoms with E-state index in [2.05, 4.69) is 20.6 Å². The number of rotatable bonds is 7. The third-order valence-corrected chi connectivity index (χ3v) is 6.34. The Balaban J connectivity index is 1.18. The lowest BCUT2D eigenvalue weighted by Crippen LogP contribution is -2.35. The topological polar surface area (TPSA) is 110 Å². The van der Waals surface area contributed by atoms with Crippen LogP contribution >= 0.6 is 0 Å². The summed E-state index contributed by atoms with van der Waals surface area (Å²) in [5, 5.41) is 11.2. The highest BCUT2D eigenvalue weighted by Gasteiger charge is 2.33. The normalized spacial score (nSPS) is 18.7. The van der Waals surface area contributed by atoms with Crippen molar-refractivity contribution in [1.29, 1.82) is 0 Å². The van der Waals surface area contributed by atoms with Crippen molar-refractivity contribution < 1.29 is 18.7 Å². The fraction of sp³-hybridized carbons (Fsp3) is 0.435. The van der Waals surface area contributed by atoms with Gasteiger partial charge < -0.3 is 19.5 Å². The minimum absolute atomic E-state index is 0.197. The van der Waals surface area contributed by atoms with E-state index in [4.69, 9.17) is 4.74 Å². The molecule has 1 atom stereocenters. The lowest BCUT2D eigenvalue weighted by molar-refractivity contribution is -0.119. The molecule has 2 aliphatic rings. The van der Waals surface area contributed by atoms with E-state index < -0.39 is 12.2 Å². The monoisotopic (exact) mass is 482 g/mol. The van der Waals surface area contributed by atoms with Crippen LogP contribution in [0.3, 0.4) is 0 Å². The Hall–Kier alpha value is -3.96. The van der Waals surface area contributed by atoms with Crippen molar-refractivity contribution >= 4 is 23.4 Å². The summed E-state index contributed by atoms with van der Waals surface area (Å²) in [5.41, 5.74) is 1.81. The van der Waals surface area contributed by atoms with Crippen molar-refractivity contribution in [2.45, 2.75) is 38.5 Å². The molecule has 2 saturated heterocycles. The van der Waals surface area contributed by atoms with Gasteiger partial charge in [-0.15, -0.1) is 5.10 Å². The van der Waals surface area contributed by atoms with Gasteiger partial charge in [0.25, 0.3) is 0 Å². The molecule has 2 aromatic heterocycles. The molecule has 0 unspecified atom stereocenters. The van der Waals surface area contributed by atoms with Gasteiger partial charge in [-0.3, -0.25) is 9.69 Å². The molecule has 11 nitrogen and oxygen atoms in total. The predicted octanol–water partition coefficient (Wildman–Crippen LogP) is 1.96. The molecule has 12 heteroatoms. The molecule has 0 spiro atoms. The SMILES string of the molecule is CC(=O)NC[C@H]1CN(c2ccc(N3CCC(n4cc(Cn5ccnc5)nn4)CC3)c(F)c2)C(=O)O1. The zero-order valence-corrected chi connectivity index (χ0v) is 19.4. The van der Waals surface area contributed by atoms with Crippen molar-refractivity contribution in [3.63, 3.8) is 0 Å². The molecule has 0 aliphatic carbocycles. The second-order valence-corrected chi connectivity index (χ2v) is 8.83. The van der Waals surface area contributed by atoms with Gasteiger partial charge in [-0.1, -0.05) is 5.21 Å². The number of carbonyl (C=O) groups excluding carboxylic acids is 2. The van der Waals surface area contributed by atoms with Gasteiger partial charge in [0, 0.05) is 32.4 Å². The maximum atomic E-state index is 15.1. The number of aromatic nitrogens is 5. The van der Waals surface area contributed by atoms with Gasteiger partial charge in [-0.25, -0.2) is 18.9 Å². The van der Waals surface area contributed by atoms with E-state index in [1.54, 1.807) is 24.7 Å². The van der Waals surface area contributed by atoms with Crippen LogP contribution in [0, 0.1) is 5.82 Å². The van der Waals surface area contributed by atoms with E-state index in [-0.39, 0.29) is 30.9 Å². The summed E-state index contributed by atoms with van der Waals surface area (Å²) in [4.78, 5) is 30.8. The lowest BCUT2D eigenvalue weighted by atomic mass is 10.0. The number of benzene rings is 1. The molecule has 4 heterocycles. The fourth-order valence-electron chi connectivity index (χ4n) is 4.52. The van der Waals surface area contributed by atoms with Crippen LogP contribution in [0.25, 0.3) is 0 Å². The largest absolute Gasteiger partial charge is 0.442 e. The Morgan fingerprint density at radius 2 is 2.11 bits per heavy atom. The molecule has 2 aliphatic heterocycles. The highest BCUT2D eigenvalue weighted by molar-refractivity contribution is 5.90. The maximum absolute atomic E-state index is 15.1. The number of ether oxygens (including phenoxy) is 1. The summed E-state index contributed by atoms with van der Waals surface area (Å²) in [7, 11) is 0. The fourth-order valence-corrected chi connectivity index (χ4v) is 4.52. The van der Waals surface area contributed by atoms with Crippen LogP contribution in [0.1, 0.15) is 31.5 Å². The molecule has 0 saturated carbocycles. The minimum Gasteiger partial charge on any atom is -0.442 e. The summed E-state index contributed by atoms with van der Waals surface area (Å²) in [5.74, 6) is -0.583. The highest BCUT2D eigenvalue weighted by Crippen LogP contribution is 2.31. The van der Waals surface area contributed by atoms with Crippen LogP contribution in [-0.4, -0.2) is 68.8 Å². The first kappa shape index (κ1) is 22.8. The molecule has 1 aromatic carbocycles. The quantitative estimate of drug-likeness (QED) is 0.548. The lowest BCUT2D eigenvalue weighted by Gasteiger charge is -2.33. The summed E-state index contributed by atoms with van der Waals surface area (Å²) in [6.07, 6.45) is 7.94. The molecule has 184 valence electrons. The maximum Gasteiger partial charge on any atom is 0.414 e. The average Bonchev–Trinajstić information content (AvgIpc) is 3.60. The Bertz CT molecular complexity index is 1190. The van der Waals surface area contributed by atoms with Crippen LogP contribution in [0.2, 0.25) is 0 Å². The van der Waals surface area contributed by atoms with Crippen LogP contribution in [-0.2, 0) is 16.1 Å². The number of anilines is 2. The molecule has 0 radical (unpaired) electrons. The first-order valence-electron chi connectivity index (χ1n) is 11.6. The van der Waals surface area contributed by atoms with Crippen molar-refractivity contribution in [2.75, 3.05) is 36.0 Å². The van der Waals surface area contributed by atoms with Gasteiger partial charge in [0.05, 0.1) is 49.6 Å². The highest BCUT2D eigenvalue weighted by atomic mass is 19.1. The summed E-state index contributed by atoms with van der Waals surface area (Å²) in [6.45, 7) is 3.87. The number of hydrogen-bond donors (Lipinski definition) is 1. The number of hydrogen-bond acceptors (Lipinski definition) is 7. The van der Waals surface area contributed by atoms with Gasteiger partial charge in [-0.2, -0.15) is 0 Å². The number of piperidine rings is 1. The van der Waals surface area contributed by atoms with E-state index in [0.29, 0.717) is 31.0 Å². The molecule has 3 aromatic rings. The van der Waals surface area contributed by atoms with E-state index >= 15 is 4.39 Å². The van der Waals surface area contributed by atoms with Crippen LogP contribution < -0.4 is 15.1 Å². The zero-order valence-electron chi connectivity index (χ0n) is 19.4. The van der Waals surface area contributed by atoms with E-state index in [1.165, 1.54) is 17.9 Å². The molecular weight excluding hydrogens is 455 g/mol. The summed E-state index contributed by atoms with van der Waals surface area (Å²) in [6, 6.07) is 5.01. The molecule has 5 rings (SSSR count). The number of amides is 2. The standard InChI is InChI=1S/C23H27FN8O3/c1-16(33)26-11-20-14-31(23(34)35-20)19-2-3-22(21(24)10-19)30-7-4-18(5-8-30)32-13-17(27-28-32)12-29-9-6-25-15-29/h2-3,6,9-10,13,15,18,20H,4-5,7-8,11-12,14H2,1H3,(H,26,33)/t20-/m0/s1. The van der Waals surface area contributed by atoms with Gasteiger partial charge >= 0.3 is 6.09 Å². The van der Waals surface area contributed by atoms with Gasteiger partial charge in [0.1, 0.15) is 17.6 Å². The van der Waals surface area contributed by atoms with E-state index in [1.807, 2.05) is 26.5 Å². The Morgan fingerprint density at radius 1 is 1.29 bits per heavy atom. The number of nitrogens with zero attached hydrogens (tertiary/aromatic N) is 7. The van der Waals surface area contributed by atoms with Crippen molar-refractivity contribution in [3.05, 3.63) is 54.6 Å². The molecule has 35 heavy (non-hydrogen) atoms.